The van der Waals surface area contributed by atoms with E-state index >= 15 is 0 Å². The highest BCUT2D eigenvalue weighted by molar-refractivity contribution is 5.62. The first kappa shape index (κ1) is 19.3. The van der Waals surface area contributed by atoms with Crippen LogP contribution in [-0.2, 0) is 6.54 Å². The Balaban J connectivity index is 1.74. The average Bonchev–Trinajstić information content (AvgIpc) is 3.16. The van der Waals surface area contributed by atoms with Crippen molar-refractivity contribution in [1.29, 1.82) is 0 Å². The van der Waals surface area contributed by atoms with Crippen molar-refractivity contribution < 1.29 is 0 Å². The van der Waals surface area contributed by atoms with Crippen molar-refractivity contribution in [3.05, 3.63) is 66.6 Å². The van der Waals surface area contributed by atoms with Gasteiger partial charge in [-0.1, -0.05) is 25.1 Å². The Hall–Kier alpha value is -2.50. The van der Waals surface area contributed by atoms with E-state index in [2.05, 4.69) is 54.4 Å². The van der Waals surface area contributed by atoms with Crippen LogP contribution >= 0.6 is 0 Å². The van der Waals surface area contributed by atoms with Gasteiger partial charge in [-0.25, -0.2) is 4.68 Å². The van der Waals surface area contributed by atoms with Crippen LogP contribution in [0, 0.1) is 0 Å². The summed E-state index contributed by atoms with van der Waals surface area (Å²) in [6.45, 7) is 7.28. The molecule has 5 heteroatoms. The lowest BCUT2D eigenvalue weighted by molar-refractivity contribution is 0.252. The van der Waals surface area contributed by atoms with Crippen molar-refractivity contribution >= 4 is 0 Å². The first-order valence-electron chi connectivity index (χ1n) is 9.64. The quantitative estimate of drug-likeness (QED) is 0.588. The molecule has 3 rings (SSSR count). The summed E-state index contributed by atoms with van der Waals surface area (Å²) in [5.74, 6) is 0. The normalized spacial score (nSPS) is 12.4. The molecule has 142 valence electrons. The lowest BCUT2D eigenvalue weighted by atomic mass is 10.1. The minimum atomic E-state index is 0.611. The summed E-state index contributed by atoms with van der Waals surface area (Å²) in [5, 5.41) is 8.42. The second-order valence-electron chi connectivity index (χ2n) is 6.93. The number of aromatic nitrogens is 3. The van der Waals surface area contributed by atoms with Gasteiger partial charge < -0.3 is 10.2 Å². The van der Waals surface area contributed by atoms with Crippen LogP contribution in [0.4, 0.5) is 0 Å². The van der Waals surface area contributed by atoms with E-state index in [1.807, 2.05) is 47.4 Å². The third kappa shape index (κ3) is 5.02. The summed E-state index contributed by atoms with van der Waals surface area (Å²) in [6.07, 6.45) is 6.92. The maximum Gasteiger partial charge on any atom is 0.0973 e. The van der Waals surface area contributed by atoms with E-state index in [9.17, 15) is 0 Å². The number of likely N-dealkylation sites (N-methyl/N-ethyl adjacent to an activating group) is 1. The van der Waals surface area contributed by atoms with E-state index < -0.39 is 0 Å². The summed E-state index contributed by atoms with van der Waals surface area (Å²) in [7, 11) is 2.19. The molecule has 2 heterocycles. The minimum Gasteiger partial charge on any atom is -0.311 e. The van der Waals surface area contributed by atoms with Crippen LogP contribution in [0.25, 0.3) is 16.9 Å². The number of nitrogens with one attached hydrogen (secondary N) is 1. The van der Waals surface area contributed by atoms with Gasteiger partial charge in [0.15, 0.2) is 0 Å². The molecule has 3 aromatic rings. The van der Waals surface area contributed by atoms with Gasteiger partial charge in [0.05, 0.1) is 11.4 Å². The van der Waals surface area contributed by atoms with Gasteiger partial charge in [-0.15, -0.1) is 0 Å². The molecular weight excluding hydrogens is 334 g/mol. The topological polar surface area (TPSA) is 46.0 Å². The fraction of sp³-hybridized carbons (Fsp3) is 0.364. The molecule has 0 aliphatic carbocycles. The Morgan fingerprint density at radius 1 is 1.11 bits per heavy atom. The molecule has 2 aromatic heterocycles. The first-order valence-corrected chi connectivity index (χ1v) is 9.64. The second kappa shape index (κ2) is 9.44. The number of pyridine rings is 1. The van der Waals surface area contributed by atoms with Crippen LogP contribution in [0.2, 0.25) is 0 Å². The van der Waals surface area contributed by atoms with Gasteiger partial charge in [-0.2, -0.15) is 5.10 Å². The van der Waals surface area contributed by atoms with Gasteiger partial charge in [0, 0.05) is 55.4 Å². The molecule has 27 heavy (non-hydrogen) atoms. The molecule has 0 amide bonds. The van der Waals surface area contributed by atoms with Crippen molar-refractivity contribution in [1.82, 2.24) is 25.0 Å². The second-order valence-corrected chi connectivity index (χ2v) is 6.93. The zero-order chi connectivity index (χ0) is 19.1. The number of para-hydroxylation sites is 1. The standard InChI is InChI=1S/C22H29N5/c1-4-18(2)26(3)15-14-24-16-20-17-27(21-8-6-5-7-9-21)25-22(20)19-10-12-23-13-11-19/h5-13,17-18,24H,4,14-16H2,1-3H3. The molecule has 1 aromatic carbocycles. The van der Waals surface area contributed by atoms with Gasteiger partial charge in [0.1, 0.15) is 0 Å². The smallest absolute Gasteiger partial charge is 0.0973 e. The van der Waals surface area contributed by atoms with Crippen LogP contribution in [0.5, 0.6) is 0 Å². The fourth-order valence-corrected chi connectivity index (χ4v) is 3.02. The molecular formula is C22H29N5. The third-order valence-corrected chi connectivity index (χ3v) is 5.06. The minimum absolute atomic E-state index is 0.611. The molecule has 0 bridgehead atoms. The van der Waals surface area contributed by atoms with Crippen molar-refractivity contribution in [2.45, 2.75) is 32.9 Å². The third-order valence-electron chi connectivity index (χ3n) is 5.06. The molecule has 0 aliphatic rings. The molecule has 1 atom stereocenters. The van der Waals surface area contributed by atoms with Crippen LogP contribution < -0.4 is 5.32 Å². The molecule has 0 saturated heterocycles. The van der Waals surface area contributed by atoms with Gasteiger partial charge in [-0.05, 0) is 44.7 Å². The van der Waals surface area contributed by atoms with E-state index in [0.717, 1.165) is 36.6 Å². The highest BCUT2D eigenvalue weighted by atomic mass is 15.3. The summed E-state index contributed by atoms with van der Waals surface area (Å²) >= 11 is 0. The van der Waals surface area contributed by atoms with Crippen LogP contribution in [0.15, 0.2) is 61.1 Å². The molecule has 1 unspecified atom stereocenters. The van der Waals surface area contributed by atoms with Gasteiger partial charge >= 0.3 is 0 Å². The predicted molar refractivity (Wildman–Crippen MR) is 111 cm³/mol. The molecule has 0 fully saturated rings. The van der Waals surface area contributed by atoms with Gasteiger partial charge in [-0.3, -0.25) is 4.98 Å². The fourth-order valence-electron chi connectivity index (χ4n) is 3.02. The van der Waals surface area contributed by atoms with Gasteiger partial charge in [0.2, 0.25) is 0 Å². The molecule has 5 nitrogen and oxygen atoms in total. The summed E-state index contributed by atoms with van der Waals surface area (Å²) < 4.78 is 1.96. The number of hydrogen-bond donors (Lipinski definition) is 1. The van der Waals surface area contributed by atoms with E-state index in [1.165, 1.54) is 12.0 Å². The Morgan fingerprint density at radius 2 is 1.85 bits per heavy atom. The Labute approximate surface area is 162 Å². The lowest BCUT2D eigenvalue weighted by Gasteiger charge is -2.23. The summed E-state index contributed by atoms with van der Waals surface area (Å²) in [4.78, 5) is 6.52. The SMILES string of the molecule is CCC(C)N(C)CCNCc1cn(-c2ccccc2)nc1-c1ccncc1. The van der Waals surface area contributed by atoms with Crippen LogP contribution in [0.1, 0.15) is 25.8 Å². The summed E-state index contributed by atoms with van der Waals surface area (Å²) in [6, 6.07) is 14.9. The average molecular weight is 364 g/mol. The van der Waals surface area contributed by atoms with E-state index in [4.69, 9.17) is 5.10 Å². The Morgan fingerprint density at radius 3 is 2.56 bits per heavy atom. The zero-order valence-corrected chi connectivity index (χ0v) is 16.5. The largest absolute Gasteiger partial charge is 0.311 e. The molecule has 0 spiro atoms. The number of nitrogens with zero attached hydrogens (tertiary/aromatic N) is 4. The van der Waals surface area contributed by atoms with Gasteiger partial charge in [0.25, 0.3) is 0 Å². The van der Waals surface area contributed by atoms with Crippen LogP contribution in [-0.4, -0.2) is 45.8 Å². The van der Waals surface area contributed by atoms with E-state index in [-0.39, 0.29) is 0 Å². The number of benzene rings is 1. The van der Waals surface area contributed by atoms with Crippen molar-refractivity contribution in [2.24, 2.45) is 0 Å². The highest BCUT2D eigenvalue weighted by Gasteiger charge is 2.12. The predicted octanol–water partition coefficient (Wildman–Crippen LogP) is 3.75. The van der Waals surface area contributed by atoms with E-state index in [0.29, 0.717) is 6.04 Å². The lowest BCUT2D eigenvalue weighted by Crippen LogP contribution is -2.34. The molecule has 1 N–H and O–H groups in total. The van der Waals surface area contributed by atoms with E-state index in [1.54, 1.807) is 0 Å². The maximum absolute atomic E-state index is 4.84. The zero-order valence-electron chi connectivity index (χ0n) is 16.5. The number of rotatable bonds is 9. The highest BCUT2D eigenvalue weighted by Crippen LogP contribution is 2.23. The summed E-state index contributed by atoms with van der Waals surface area (Å²) in [5.41, 5.74) is 4.35. The molecule has 0 saturated carbocycles. The monoisotopic (exact) mass is 363 g/mol. The first-order chi connectivity index (χ1) is 13.2. The number of hydrogen-bond acceptors (Lipinski definition) is 4. The molecule has 0 aliphatic heterocycles. The Kier molecular flexibility index (Phi) is 6.74. The van der Waals surface area contributed by atoms with Crippen molar-refractivity contribution in [2.75, 3.05) is 20.1 Å². The van der Waals surface area contributed by atoms with Crippen LogP contribution in [0.3, 0.4) is 0 Å². The van der Waals surface area contributed by atoms with Crippen molar-refractivity contribution in [3.63, 3.8) is 0 Å². The molecule has 0 radical (unpaired) electrons. The maximum atomic E-state index is 4.84. The Bertz CT molecular complexity index is 813. The van der Waals surface area contributed by atoms with Crippen molar-refractivity contribution in [3.8, 4) is 16.9 Å².